The highest BCUT2D eigenvalue weighted by molar-refractivity contribution is 7.90. The van der Waals surface area contributed by atoms with Crippen molar-refractivity contribution < 1.29 is 22.7 Å². The minimum atomic E-state index is -3.79. The van der Waals surface area contributed by atoms with Gasteiger partial charge < -0.3 is 14.4 Å². The van der Waals surface area contributed by atoms with E-state index in [2.05, 4.69) is 4.90 Å². The van der Waals surface area contributed by atoms with E-state index in [0.29, 0.717) is 24.2 Å². The number of aromatic nitrogens is 1. The van der Waals surface area contributed by atoms with Crippen LogP contribution in [0.4, 0.5) is 0 Å². The zero-order valence-corrected chi connectivity index (χ0v) is 22.4. The number of amides is 1. The number of nitrogens with zero attached hydrogens (tertiary/aromatic N) is 3. The summed E-state index contributed by atoms with van der Waals surface area (Å²) in [7, 11) is -3.79. The van der Waals surface area contributed by atoms with E-state index < -0.39 is 10.0 Å². The van der Waals surface area contributed by atoms with Gasteiger partial charge in [-0.05, 0) is 48.9 Å². The summed E-state index contributed by atoms with van der Waals surface area (Å²) in [5.41, 5.74) is 3.39. The molecule has 1 saturated heterocycles. The first-order chi connectivity index (χ1) is 18.9. The molecule has 6 rings (SSSR count). The van der Waals surface area contributed by atoms with Gasteiger partial charge in [-0.2, -0.15) is 0 Å². The Morgan fingerprint density at radius 1 is 0.923 bits per heavy atom. The van der Waals surface area contributed by atoms with E-state index in [4.69, 9.17) is 9.47 Å². The number of piperazine rings is 1. The lowest BCUT2D eigenvalue weighted by Gasteiger charge is -2.34. The van der Waals surface area contributed by atoms with Gasteiger partial charge in [-0.3, -0.25) is 9.69 Å². The van der Waals surface area contributed by atoms with Crippen LogP contribution in [0.1, 0.15) is 16.7 Å². The first kappa shape index (κ1) is 25.2. The number of hydrogen-bond donors (Lipinski definition) is 0. The Balaban J connectivity index is 1.14. The number of ether oxygens (including phenoxy) is 2. The normalized spacial score (nSPS) is 15.9. The lowest BCUT2D eigenvalue weighted by atomic mass is 10.1. The molecular weight excluding hydrogens is 514 g/mol. The Kier molecular flexibility index (Phi) is 6.62. The van der Waals surface area contributed by atoms with E-state index in [0.717, 1.165) is 47.6 Å². The molecule has 3 heterocycles. The summed E-state index contributed by atoms with van der Waals surface area (Å²) in [6, 6.07) is 20.1. The predicted octanol–water partition coefficient (Wildman–Crippen LogP) is 4.27. The zero-order chi connectivity index (χ0) is 27.0. The van der Waals surface area contributed by atoms with Crippen molar-refractivity contribution in [1.82, 2.24) is 13.8 Å². The van der Waals surface area contributed by atoms with Crippen molar-refractivity contribution in [2.75, 3.05) is 33.0 Å². The Morgan fingerprint density at radius 2 is 1.67 bits per heavy atom. The number of para-hydroxylation sites is 1. The molecule has 2 aliphatic rings. The van der Waals surface area contributed by atoms with E-state index in [1.807, 2.05) is 48.2 Å². The van der Waals surface area contributed by atoms with Crippen molar-refractivity contribution in [1.29, 1.82) is 0 Å². The van der Waals surface area contributed by atoms with Crippen LogP contribution in [0.25, 0.3) is 17.0 Å². The SMILES string of the molecule is Cc1ccc(S(=O)(=O)n2cc(C=CC(=O)N3CCN(Cc4ccc5c(c4)OCO5)CC3)c3ccccc32)cc1. The van der Waals surface area contributed by atoms with Crippen LogP contribution in [-0.2, 0) is 21.4 Å². The highest BCUT2D eigenvalue weighted by atomic mass is 32.2. The van der Waals surface area contributed by atoms with Crippen molar-refractivity contribution in [3.8, 4) is 11.5 Å². The molecule has 1 aromatic heterocycles. The minimum absolute atomic E-state index is 0.0871. The molecule has 0 saturated carbocycles. The predicted molar refractivity (Wildman–Crippen MR) is 149 cm³/mol. The average Bonchev–Trinajstić information content (AvgIpc) is 3.57. The second-order valence-corrected chi connectivity index (χ2v) is 11.7. The van der Waals surface area contributed by atoms with Crippen LogP contribution in [-0.4, -0.2) is 61.1 Å². The summed E-state index contributed by atoms with van der Waals surface area (Å²) in [5.74, 6) is 1.47. The largest absolute Gasteiger partial charge is 0.454 e. The third-order valence-corrected chi connectivity index (χ3v) is 8.91. The monoisotopic (exact) mass is 543 g/mol. The lowest BCUT2D eigenvalue weighted by Crippen LogP contribution is -2.47. The van der Waals surface area contributed by atoms with Crippen molar-refractivity contribution in [2.45, 2.75) is 18.4 Å². The fourth-order valence-electron chi connectivity index (χ4n) is 5.02. The number of aryl methyl sites for hydroxylation is 1. The van der Waals surface area contributed by atoms with E-state index >= 15 is 0 Å². The molecule has 8 nitrogen and oxygen atoms in total. The number of carbonyl (C=O) groups excluding carboxylic acids is 1. The Labute approximate surface area is 227 Å². The summed E-state index contributed by atoms with van der Waals surface area (Å²) >= 11 is 0. The van der Waals surface area contributed by atoms with Crippen molar-refractivity contribution in [3.05, 3.63) is 95.7 Å². The fraction of sp³-hybridized carbons (Fsp3) is 0.233. The second kappa shape index (κ2) is 10.2. The molecule has 0 unspecified atom stereocenters. The molecule has 0 aliphatic carbocycles. The summed E-state index contributed by atoms with van der Waals surface area (Å²) in [5, 5.41) is 0.769. The number of fused-ring (bicyclic) bond motifs is 2. The molecule has 1 amide bonds. The number of benzene rings is 3. The molecule has 0 radical (unpaired) electrons. The smallest absolute Gasteiger partial charge is 0.268 e. The van der Waals surface area contributed by atoms with Crippen molar-refractivity contribution in [2.24, 2.45) is 0 Å². The van der Waals surface area contributed by atoms with Crippen molar-refractivity contribution >= 4 is 32.9 Å². The van der Waals surface area contributed by atoms with Gasteiger partial charge in [0.2, 0.25) is 12.7 Å². The Morgan fingerprint density at radius 3 is 2.46 bits per heavy atom. The van der Waals surface area contributed by atoms with Gasteiger partial charge in [0.05, 0.1) is 10.4 Å². The maximum atomic E-state index is 13.4. The summed E-state index contributed by atoms with van der Waals surface area (Å²) in [6.45, 7) is 5.74. The standard InChI is InChI=1S/C30H29N3O5S/c1-22-6-10-25(11-7-22)39(35,36)33-20-24(26-4-2-3-5-27(26)33)9-13-30(34)32-16-14-31(15-17-32)19-23-8-12-28-29(18-23)38-21-37-28/h2-13,18,20H,14-17,19,21H2,1H3. The second-order valence-electron chi connectivity index (χ2n) is 9.84. The van der Waals surface area contributed by atoms with Gasteiger partial charge in [-0.1, -0.05) is 42.0 Å². The molecule has 0 bridgehead atoms. The topological polar surface area (TPSA) is 81.1 Å². The molecule has 1 fully saturated rings. The lowest BCUT2D eigenvalue weighted by molar-refractivity contribution is -0.127. The molecule has 2 aliphatic heterocycles. The maximum absolute atomic E-state index is 13.4. The van der Waals surface area contributed by atoms with Crippen LogP contribution < -0.4 is 9.47 Å². The molecule has 39 heavy (non-hydrogen) atoms. The minimum Gasteiger partial charge on any atom is -0.454 e. The van der Waals surface area contributed by atoms with Crippen LogP contribution in [0.3, 0.4) is 0 Å². The Hall–Kier alpha value is -4.08. The summed E-state index contributed by atoms with van der Waals surface area (Å²) in [4.78, 5) is 17.4. The van der Waals surface area contributed by atoms with Crippen LogP contribution in [0.5, 0.6) is 11.5 Å². The van der Waals surface area contributed by atoms with Gasteiger partial charge >= 0.3 is 0 Å². The van der Waals surface area contributed by atoms with Gasteiger partial charge in [0.25, 0.3) is 10.0 Å². The average molecular weight is 544 g/mol. The van der Waals surface area contributed by atoms with Crippen LogP contribution in [0, 0.1) is 6.92 Å². The molecule has 200 valence electrons. The first-order valence-corrected chi connectivity index (χ1v) is 14.3. The van der Waals surface area contributed by atoms with Crippen LogP contribution in [0.15, 0.2) is 83.9 Å². The Bertz CT molecular complexity index is 1670. The quantitative estimate of drug-likeness (QED) is 0.338. The maximum Gasteiger partial charge on any atom is 0.268 e. The van der Waals surface area contributed by atoms with Gasteiger partial charge in [-0.15, -0.1) is 0 Å². The van der Waals surface area contributed by atoms with Crippen LogP contribution >= 0.6 is 0 Å². The first-order valence-electron chi connectivity index (χ1n) is 12.9. The fourth-order valence-corrected chi connectivity index (χ4v) is 6.40. The highest BCUT2D eigenvalue weighted by Gasteiger charge is 2.23. The molecule has 0 N–H and O–H groups in total. The van der Waals surface area contributed by atoms with Crippen molar-refractivity contribution in [3.63, 3.8) is 0 Å². The van der Waals surface area contributed by atoms with Crippen LogP contribution in [0.2, 0.25) is 0 Å². The van der Waals surface area contributed by atoms with E-state index in [9.17, 15) is 13.2 Å². The number of rotatable bonds is 6. The molecule has 0 atom stereocenters. The summed E-state index contributed by atoms with van der Waals surface area (Å²) < 4.78 is 39.0. The molecule has 3 aromatic carbocycles. The number of hydrogen-bond acceptors (Lipinski definition) is 6. The zero-order valence-electron chi connectivity index (χ0n) is 21.6. The third-order valence-electron chi connectivity index (χ3n) is 7.22. The molecule has 0 spiro atoms. The van der Waals surface area contributed by atoms with E-state index in [-0.39, 0.29) is 17.6 Å². The molecule has 9 heteroatoms. The van der Waals surface area contributed by atoms with Gasteiger partial charge in [0.15, 0.2) is 11.5 Å². The highest BCUT2D eigenvalue weighted by Crippen LogP contribution is 2.33. The van der Waals surface area contributed by atoms with E-state index in [1.165, 1.54) is 10.0 Å². The van der Waals surface area contributed by atoms with Gasteiger partial charge in [0, 0.05) is 55.9 Å². The molecular formula is C30H29N3O5S. The van der Waals surface area contributed by atoms with Gasteiger partial charge in [-0.25, -0.2) is 12.4 Å². The number of carbonyl (C=O) groups is 1. The van der Waals surface area contributed by atoms with E-state index in [1.54, 1.807) is 42.6 Å². The third kappa shape index (κ3) is 5.03. The molecule has 4 aromatic rings. The van der Waals surface area contributed by atoms with Gasteiger partial charge in [0.1, 0.15) is 0 Å². The summed E-state index contributed by atoms with van der Waals surface area (Å²) in [6.07, 6.45) is 4.84.